The van der Waals surface area contributed by atoms with Crippen molar-refractivity contribution in [2.75, 3.05) is 0 Å². The summed E-state index contributed by atoms with van der Waals surface area (Å²) in [6.07, 6.45) is 0. The standard InChI is InChI=1S/C49H29N5O2/c1-4-13-30(14-5-1)31-23-25-32(26-24-31)43-45-44(36-19-10-11-21-39(36)56-45)51-48(50-43)35-27-28-40-38(29-35)42-37(20-12-22-41(42)55-40)49-53-46(33-15-6-2-7-16-33)52-47(54-49)34-17-8-3-9-18-34/h1-29H. The third-order valence-corrected chi connectivity index (χ3v) is 10.2. The molecular weight excluding hydrogens is 691 g/mol. The van der Waals surface area contributed by atoms with Crippen LogP contribution >= 0.6 is 0 Å². The number of fused-ring (bicyclic) bond motifs is 6. The molecule has 7 nitrogen and oxygen atoms in total. The molecule has 0 aliphatic carbocycles. The summed E-state index contributed by atoms with van der Waals surface area (Å²) in [5.74, 6) is 2.33. The maximum Gasteiger partial charge on any atom is 0.180 e. The number of furan rings is 2. The van der Waals surface area contributed by atoms with E-state index in [4.69, 9.17) is 33.8 Å². The van der Waals surface area contributed by atoms with E-state index in [1.54, 1.807) is 0 Å². The average Bonchev–Trinajstić information content (AvgIpc) is 3.85. The quantitative estimate of drug-likeness (QED) is 0.169. The minimum Gasteiger partial charge on any atom is -0.456 e. The molecule has 0 atom stereocenters. The predicted octanol–water partition coefficient (Wildman–Crippen LogP) is 12.5. The van der Waals surface area contributed by atoms with E-state index in [2.05, 4.69) is 54.6 Å². The second-order valence-corrected chi connectivity index (χ2v) is 13.6. The normalized spacial score (nSPS) is 11.6. The molecule has 0 N–H and O–H groups in total. The first-order chi connectivity index (χ1) is 27.7. The Kier molecular flexibility index (Phi) is 7.35. The molecule has 0 spiro atoms. The zero-order chi connectivity index (χ0) is 37.0. The van der Waals surface area contributed by atoms with E-state index in [1.165, 1.54) is 0 Å². The fourth-order valence-corrected chi connectivity index (χ4v) is 7.45. The van der Waals surface area contributed by atoms with Gasteiger partial charge in [0.05, 0.1) is 0 Å². The lowest BCUT2D eigenvalue weighted by Crippen LogP contribution is -2.00. The van der Waals surface area contributed by atoms with E-state index >= 15 is 0 Å². The van der Waals surface area contributed by atoms with Crippen molar-refractivity contribution in [1.82, 2.24) is 24.9 Å². The molecule has 4 heterocycles. The Morgan fingerprint density at radius 1 is 0.321 bits per heavy atom. The van der Waals surface area contributed by atoms with E-state index in [0.29, 0.717) is 28.9 Å². The van der Waals surface area contributed by atoms with Crippen LogP contribution in [0.1, 0.15) is 0 Å². The van der Waals surface area contributed by atoms with Crippen molar-refractivity contribution in [2.45, 2.75) is 0 Å². The largest absolute Gasteiger partial charge is 0.456 e. The lowest BCUT2D eigenvalue weighted by atomic mass is 10.0. The highest BCUT2D eigenvalue weighted by molar-refractivity contribution is 6.13. The molecule has 262 valence electrons. The van der Waals surface area contributed by atoms with Gasteiger partial charge in [-0.3, -0.25) is 0 Å². The first kappa shape index (κ1) is 31.7. The predicted molar refractivity (Wildman–Crippen MR) is 223 cm³/mol. The Morgan fingerprint density at radius 2 is 0.857 bits per heavy atom. The summed E-state index contributed by atoms with van der Waals surface area (Å²) in [6, 6.07) is 58.9. The van der Waals surface area contributed by atoms with Crippen molar-refractivity contribution in [3.63, 3.8) is 0 Å². The number of rotatable bonds is 6. The second kappa shape index (κ2) is 13.0. The van der Waals surface area contributed by atoms with Crippen LogP contribution in [-0.2, 0) is 0 Å². The molecule has 0 saturated heterocycles. The van der Waals surface area contributed by atoms with Crippen molar-refractivity contribution in [3.8, 4) is 67.9 Å². The highest BCUT2D eigenvalue weighted by atomic mass is 16.3. The van der Waals surface area contributed by atoms with Crippen LogP contribution in [0.2, 0.25) is 0 Å². The minimum atomic E-state index is 0.556. The molecule has 0 unspecified atom stereocenters. The molecule has 0 aliphatic rings. The Labute approximate surface area is 320 Å². The van der Waals surface area contributed by atoms with Crippen molar-refractivity contribution in [3.05, 3.63) is 176 Å². The Hall–Kier alpha value is -7.77. The summed E-state index contributed by atoms with van der Waals surface area (Å²) in [5.41, 5.74) is 11.1. The van der Waals surface area contributed by atoms with Gasteiger partial charge in [-0.15, -0.1) is 0 Å². The van der Waals surface area contributed by atoms with Crippen molar-refractivity contribution in [2.24, 2.45) is 0 Å². The van der Waals surface area contributed by atoms with Crippen LogP contribution < -0.4 is 0 Å². The molecule has 7 aromatic carbocycles. The van der Waals surface area contributed by atoms with Gasteiger partial charge in [-0.1, -0.05) is 140 Å². The minimum absolute atomic E-state index is 0.556. The monoisotopic (exact) mass is 719 g/mol. The molecule has 56 heavy (non-hydrogen) atoms. The molecule has 11 aromatic rings. The third-order valence-electron chi connectivity index (χ3n) is 10.2. The van der Waals surface area contributed by atoms with Crippen LogP contribution in [0.25, 0.3) is 112 Å². The summed E-state index contributed by atoms with van der Waals surface area (Å²) in [4.78, 5) is 25.4. The van der Waals surface area contributed by atoms with Crippen molar-refractivity contribution < 1.29 is 8.83 Å². The van der Waals surface area contributed by atoms with Gasteiger partial charge in [0.2, 0.25) is 0 Å². The number of hydrogen-bond acceptors (Lipinski definition) is 7. The van der Waals surface area contributed by atoms with Crippen molar-refractivity contribution >= 4 is 44.0 Å². The number of para-hydroxylation sites is 1. The summed E-state index contributed by atoms with van der Waals surface area (Å²) in [5, 5.41) is 2.74. The van der Waals surface area contributed by atoms with Gasteiger partial charge >= 0.3 is 0 Å². The maximum absolute atomic E-state index is 6.46. The van der Waals surface area contributed by atoms with E-state index < -0.39 is 0 Å². The highest BCUT2D eigenvalue weighted by Crippen LogP contribution is 2.40. The molecule has 0 amide bonds. The molecule has 0 aliphatic heterocycles. The zero-order valence-electron chi connectivity index (χ0n) is 29.8. The SMILES string of the molecule is c1ccc(-c2ccc(-c3nc(-c4ccc5oc6cccc(-c7nc(-c8ccccc8)nc(-c8ccccc8)n7)c6c5c4)nc4c3oc3ccccc34)cc2)cc1. The van der Waals surface area contributed by atoms with Gasteiger partial charge in [0.15, 0.2) is 28.9 Å². The number of nitrogens with zero attached hydrogens (tertiary/aromatic N) is 5. The second-order valence-electron chi connectivity index (χ2n) is 13.6. The Morgan fingerprint density at radius 3 is 1.57 bits per heavy atom. The van der Waals surface area contributed by atoms with Gasteiger partial charge in [0.25, 0.3) is 0 Å². The van der Waals surface area contributed by atoms with Crippen LogP contribution in [0.15, 0.2) is 185 Å². The topological polar surface area (TPSA) is 90.7 Å². The first-order valence-corrected chi connectivity index (χ1v) is 18.4. The van der Waals surface area contributed by atoms with Crippen LogP contribution in [0.3, 0.4) is 0 Å². The summed E-state index contributed by atoms with van der Waals surface area (Å²) < 4.78 is 12.9. The lowest BCUT2D eigenvalue weighted by molar-refractivity contribution is 0.667. The Bertz CT molecular complexity index is 3170. The number of aromatic nitrogens is 5. The Balaban J connectivity index is 1.10. The number of hydrogen-bond donors (Lipinski definition) is 0. The smallest absolute Gasteiger partial charge is 0.180 e. The van der Waals surface area contributed by atoms with Gasteiger partial charge in [-0.2, -0.15) is 0 Å². The van der Waals surface area contributed by atoms with E-state index in [1.807, 2.05) is 121 Å². The van der Waals surface area contributed by atoms with Gasteiger partial charge in [0, 0.05) is 44.0 Å². The van der Waals surface area contributed by atoms with Crippen LogP contribution in [0.5, 0.6) is 0 Å². The molecule has 0 fully saturated rings. The zero-order valence-corrected chi connectivity index (χ0v) is 29.8. The molecular formula is C49H29N5O2. The van der Waals surface area contributed by atoms with E-state index in [0.717, 1.165) is 83.1 Å². The third kappa shape index (κ3) is 5.41. The molecule has 0 bridgehead atoms. The summed E-state index contributed by atoms with van der Waals surface area (Å²) in [7, 11) is 0. The molecule has 4 aromatic heterocycles. The van der Waals surface area contributed by atoms with Gasteiger partial charge in [-0.05, 0) is 47.5 Å². The fourth-order valence-electron chi connectivity index (χ4n) is 7.45. The van der Waals surface area contributed by atoms with Crippen LogP contribution in [0, 0.1) is 0 Å². The van der Waals surface area contributed by atoms with Crippen LogP contribution in [-0.4, -0.2) is 24.9 Å². The van der Waals surface area contributed by atoms with E-state index in [9.17, 15) is 0 Å². The van der Waals surface area contributed by atoms with Crippen LogP contribution in [0.4, 0.5) is 0 Å². The lowest BCUT2D eigenvalue weighted by Gasteiger charge is -2.09. The van der Waals surface area contributed by atoms with E-state index in [-0.39, 0.29) is 0 Å². The summed E-state index contributed by atoms with van der Waals surface area (Å²) in [6.45, 7) is 0. The summed E-state index contributed by atoms with van der Waals surface area (Å²) >= 11 is 0. The molecule has 0 saturated carbocycles. The fraction of sp³-hybridized carbons (Fsp3) is 0. The first-order valence-electron chi connectivity index (χ1n) is 18.4. The maximum atomic E-state index is 6.46. The van der Waals surface area contributed by atoms with Crippen molar-refractivity contribution in [1.29, 1.82) is 0 Å². The molecule has 11 rings (SSSR count). The average molecular weight is 720 g/mol. The number of benzene rings is 7. The highest BCUT2D eigenvalue weighted by Gasteiger charge is 2.21. The van der Waals surface area contributed by atoms with Gasteiger partial charge in [-0.25, -0.2) is 24.9 Å². The molecule has 0 radical (unpaired) electrons. The van der Waals surface area contributed by atoms with Gasteiger partial charge < -0.3 is 8.83 Å². The molecule has 7 heteroatoms. The van der Waals surface area contributed by atoms with Gasteiger partial charge in [0.1, 0.15) is 28.0 Å².